The fourth-order valence-corrected chi connectivity index (χ4v) is 8.53. The molecule has 0 aromatic carbocycles. The van der Waals surface area contributed by atoms with E-state index in [0.717, 1.165) is 51.4 Å². The summed E-state index contributed by atoms with van der Waals surface area (Å²) in [5, 5.41) is 40.1. The van der Waals surface area contributed by atoms with Crippen LogP contribution in [-0.4, -0.2) is 44.1 Å². The first-order valence-electron chi connectivity index (χ1n) is 11.9. The van der Waals surface area contributed by atoms with E-state index in [-0.39, 0.29) is 23.4 Å². The minimum Gasteiger partial charge on any atom is -0.481 e. The van der Waals surface area contributed by atoms with Crippen molar-refractivity contribution in [1.29, 1.82) is 0 Å². The van der Waals surface area contributed by atoms with Gasteiger partial charge in [-0.3, -0.25) is 9.59 Å². The number of hydrogen-bond donors (Lipinski definition) is 4. The molecule has 0 aromatic heterocycles. The second-order valence-electron chi connectivity index (χ2n) is 11.4. The van der Waals surface area contributed by atoms with Crippen molar-refractivity contribution < 1.29 is 30.0 Å². The first-order chi connectivity index (χ1) is 14.0. The fraction of sp³-hybridized carbons (Fsp3) is 0.917. The van der Waals surface area contributed by atoms with Crippen molar-refractivity contribution in [3.63, 3.8) is 0 Å². The van der Waals surface area contributed by atoms with Crippen LogP contribution in [0.2, 0.25) is 0 Å². The Labute approximate surface area is 179 Å². The molecule has 4 rings (SSSR count). The van der Waals surface area contributed by atoms with Crippen molar-refractivity contribution in [2.75, 3.05) is 0 Å². The van der Waals surface area contributed by atoms with Crippen LogP contribution in [0.5, 0.6) is 0 Å². The molecule has 0 radical (unpaired) electrons. The van der Waals surface area contributed by atoms with Crippen LogP contribution in [0.15, 0.2) is 0 Å². The number of carboxylic acids is 2. The molecule has 0 aromatic rings. The summed E-state index contributed by atoms with van der Waals surface area (Å²) in [6.07, 6.45) is 8.75. The summed E-state index contributed by atoms with van der Waals surface area (Å²) in [6, 6.07) is 0. The standard InChI is InChI=1S/C24H38O6/c1-22-10-9-19-16(8-12-24(30)13-15(25)7-11-23(19,24)2)18(22)6-4-14(22)3-5-17(20(26)27)21(28)29/h14-19,25,30H,3-13H2,1-2H3,(H,26,27)(H,28,29)/t14?,15-,16?,18?,19?,22?,23?,24?/m1/s1. The molecule has 170 valence electrons. The summed E-state index contributed by atoms with van der Waals surface area (Å²) in [7, 11) is 0. The predicted molar refractivity (Wildman–Crippen MR) is 111 cm³/mol. The molecule has 8 atom stereocenters. The number of aliphatic hydroxyl groups is 2. The molecule has 0 bridgehead atoms. The Bertz CT molecular complexity index is 694. The van der Waals surface area contributed by atoms with Gasteiger partial charge in [-0.1, -0.05) is 13.8 Å². The minimum atomic E-state index is -1.30. The summed E-state index contributed by atoms with van der Waals surface area (Å²) < 4.78 is 0. The van der Waals surface area contributed by atoms with Crippen LogP contribution in [0.4, 0.5) is 0 Å². The van der Waals surface area contributed by atoms with Crippen LogP contribution in [-0.2, 0) is 9.59 Å². The molecule has 0 saturated heterocycles. The van der Waals surface area contributed by atoms with Gasteiger partial charge in [-0.2, -0.15) is 0 Å². The van der Waals surface area contributed by atoms with Gasteiger partial charge in [0.2, 0.25) is 0 Å². The van der Waals surface area contributed by atoms with Crippen LogP contribution in [0.1, 0.15) is 84.5 Å². The Kier molecular flexibility index (Phi) is 5.50. The zero-order valence-corrected chi connectivity index (χ0v) is 18.3. The molecule has 4 aliphatic rings. The monoisotopic (exact) mass is 422 g/mol. The van der Waals surface area contributed by atoms with Crippen molar-refractivity contribution in [3.8, 4) is 0 Å². The van der Waals surface area contributed by atoms with Gasteiger partial charge in [-0.25, -0.2) is 0 Å². The first-order valence-corrected chi connectivity index (χ1v) is 11.9. The van der Waals surface area contributed by atoms with E-state index in [2.05, 4.69) is 13.8 Å². The SMILES string of the molecule is CC12CCC3C(CCC4(O)C[C@H](O)CCC34C)C1CCC2CCC(C(=O)O)C(=O)O. The van der Waals surface area contributed by atoms with Crippen LogP contribution in [0.3, 0.4) is 0 Å². The lowest BCUT2D eigenvalue weighted by atomic mass is 9.43. The van der Waals surface area contributed by atoms with E-state index in [4.69, 9.17) is 0 Å². The Morgan fingerprint density at radius 1 is 0.933 bits per heavy atom. The van der Waals surface area contributed by atoms with Gasteiger partial charge in [0, 0.05) is 6.42 Å². The lowest BCUT2D eigenvalue weighted by Gasteiger charge is -2.64. The zero-order chi connectivity index (χ0) is 21.9. The molecule has 6 nitrogen and oxygen atoms in total. The molecule has 4 N–H and O–H groups in total. The Hall–Kier alpha value is -1.14. The number of hydrogen-bond acceptors (Lipinski definition) is 4. The normalized spacial score (nSPS) is 48.0. The Balaban J connectivity index is 1.50. The van der Waals surface area contributed by atoms with Crippen molar-refractivity contribution in [3.05, 3.63) is 0 Å². The topological polar surface area (TPSA) is 115 Å². The van der Waals surface area contributed by atoms with Crippen LogP contribution >= 0.6 is 0 Å². The van der Waals surface area contributed by atoms with Crippen LogP contribution in [0, 0.1) is 40.4 Å². The summed E-state index contributed by atoms with van der Waals surface area (Å²) in [5.41, 5.74) is -0.747. The highest BCUT2D eigenvalue weighted by Gasteiger charge is 2.64. The Morgan fingerprint density at radius 3 is 2.30 bits per heavy atom. The average molecular weight is 423 g/mol. The minimum absolute atomic E-state index is 0.133. The summed E-state index contributed by atoms with van der Waals surface area (Å²) in [5.74, 6) is -1.76. The maximum absolute atomic E-state index is 11.5. The lowest BCUT2D eigenvalue weighted by Crippen LogP contribution is -2.62. The van der Waals surface area contributed by atoms with Gasteiger partial charge in [-0.15, -0.1) is 0 Å². The smallest absolute Gasteiger partial charge is 0.317 e. The van der Waals surface area contributed by atoms with Crippen molar-refractivity contribution >= 4 is 11.9 Å². The third-order valence-electron chi connectivity index (χ3n) is 10.4. The molecule has 4 aliphatic carbocycles. The van der Waals surface area contributed by atoms with Gasteiger partial charge in [0.15, 0.2) is 5.92 Å². The predicted octanol–water partition coefficient (Wildman–Crippen LogP) is 3.69. The van der Waals surface area contributed by atoms with Crippen molar-refractivity contribution in [2.45, 2.75) is 96.2 Å². The molecule has 6 heteroatoms. The number of rotatable bonds is 5. The third-order valence-corrected chi connectivity index (χ3v) is 10.4. The third kappa shape index (κ3) is 3.21. The van der Waals surface area contributed by atoms with E-state index in [0.29, 0.717) is 36.5 Å². The summed E-state index contributed by atoms with van der Waals surface area (Å²) >= 11 is 0. The van der Waals surface area contributed by atoms with Crippen molar-refractivity contribution in [2.24, 2.45) is 40.4 Å². The molecule has 0 heterocycles. The molecule has 0 amide bonds. The van der Waals surface area contributed by atoms with E-state index in [1.54, 1.807) is 0 Å². The van der Waals surface area contributed by atoms with Crippen LogP contribution in [0.25, 0.3) is 0 Å². The van der Waals surface area contributed by atoms with Gasteiger partial charge in [0.05, 0.1) is 11.7 Å². The quantitative estimate of drug-likeness (QED) is 0.502. The number of aliphatic hydroxyl groups excluding tert-OH is 1. The number of aliphatic carboxylic acids is 2. The fourth-order valence-electron chi connectivity index (χ4n) is 8.53. The summed E-state index contributed by atoms with van der Waals surface area (Å²) in [4.78, 5) is 22.6. The molecular weight excluding hydrogens is 384 g/mol. The number of fused-ring (bicyclic) bond motifs is 5. The van der Waals surface area contributed by atoms with Gasteiger partial charge in [-0.05, 0) is 98.7 Å². The average Bonchev–Trinajstić information content (AvgIpc) is 2.99. The van der Waals surface area contributed by atoms with Gasteiger partial charge in [0.25, 0.3) is 0 Å². The van der Waals surface area contributed by atoms with E-state index in [9.17, 15) is 30.0 Å². The largest absolute Gasteiger partial charge is 0.481 e. The maximum atomic E-state index is 11.5. The molecule has 4 saturated carbocycles. The maximum Gasteiger partial charge on any atom is 0.317 e. The molecule has 7 unspecified atom stereocenters. The van der Waals surface area contributed by atoms with Crippen molar-refractivity contribution in [1.82, 2.24) is 0 Å². The summed E-state index contributed by atoms with van der Waals surface area (Å²) in [6.45, 7) is 4.62. The first kappa shape index (κ1) is 22.1. The lowest BCUT2D eigenvalue weighted by molar-refractivity contribution is -0.219. The van der Waals surface area contributed by atoms with Crippen LogP contribution < -0.4 is 0 Å². The van der Waals surface area contributed by atoms with Gasteiger partial charge < -0.3 is 20.4 Å². The molecule has 4 fully saturated rings. The molecular formula is C24H38O6. The highest BCUT2D eigenvalue weighted by molar-refractivity contribution is 5.92. The Morgan fingerprint density at radius 2 is 1.63 bits per heavy atom. The second kappa shape index (κ2) is 7.47. The molecule has 0 aliphatic heterocycles. The molecule has 0 spiro atoms. The van der Waals surface area contributed by atoms with E-state index in [1.165, 1.54) is 0 Å². The number of carboxylic acid groups (broad SMARTS) is 2. The van der Waals surface area contributed by atoms with E-state index >= 15 is 0 Å². The number of carbonyl (C=O) groups is 2. The van der Waals surface area contributed by atoms with Gasteiger partial charge >= 0.3 is 11.9 Å². The van der Waals surface area contributed by atoms with E-state index in [1.807, 2.05) is 0 Å². The van der Waals surface area contributed by atoms with Gasteiger partial charge in [0.1, 0.15) is 0 Å². The highest BCUT2D eigenvalue weighted by atomic mass is 16.4. The second-order valence-corrected chi connectivity index (χ2v) is 11.4. The highest BCUT2D eigenvalue weighted by Crippen LogP contribution is 2.68. The zero-order valence-electron chi connectivity index (χ0n) is 18.3. The van der Waals surface area contributed by atoms with E-state index < -0.39 is 23.5 Å². The molecule has 30 heavy (non-hydrogen) atoms.